The molecule has 0 amide bonds. The van der Waals surface area contributed by atoms with Crippen LogP contribution in [-0.4, -0.2) is 0 Å². The van der Waals surface area contributed by atoms with Crippen LogP contribution >= 0.6 is 0 Å². The molecular weight excluding hydrogens is 132 g/mol. The lowest BCUT2D eigenvalue weighted by atomic mass is 9.82. The molecule has 0 saturated heterocycles. The molecular formula is C11H20. The van der Waals surface area contributed by atoms with Crippen LogP contribution in [0.4, 0.5) is 0 Å². The highest BCUT2D eigenvalue weighted by molar-refractivity contribution is 4.97. The summed E-state index contributed by atoms with van der Waals surface area (Å²) in [5.74, 6) is 3.08. The third-order valence-electron chi connectivity index (χ3n) is 4.11. The van der Waals surface area contributed by atoms with E-state index in [2.05, 4.69) is 20.8 Å². The quantitative estimate of drug-likeness (QED) is 0.539. The molecule has 0 aromatic rings. The maximum Gasteiger partial charge on any atom is -0.0292 e. The van der Waals surface area contributed by atoms with Gasteiger partial charge in [0.1, 0.15) is 0 Å². The first-order valence-corrected chi connectivity index (χ1v) is 5.12. The van der Waals surface area contributed by atoms with Crippen LogP contribution < -0.4 is 0 Å². The molecule has 2 aliphatic carbocycles. The van der Waals surface area contributed by atoms with E-state index in [1.807, 2.05) is 0 Å². The van der Waals surface area contributed by atoms with Crippen LogP contribution in [0.25, 0.3) is 0 Å². The molecule has 0 bridgehead atoms. The second-order valence-corrected chi connectivity index (χ2v) is 5.29. The molecule has 2 aliphatic rings. The minimum absolute atomic E-state index is 0.749. The summed E-state index contributed by atoms with van der Waals surface area (Å²) < 4.78 is 0. The highest BCUT2D eigenvalue weighted by Gasteiger charge is 2.47. The summed E-state index contributed by atoms with van der Waals surface area (Å²) in [6.45, 7) is 7.38. The zero-order chi connectivity index (χ0) is 8.06. The van der Waals surface area contributed by atoms with Gasteiger partial charge >= 0.3 is 0 Å². The number of hydrogen-bond acceptors (Lipinski definition) is 0. The first-order valence-electron chi connectivity index (χ1n) is 5.12. The molecule has 0 nitrogen and oxygen atoms in total. The molecule has 2 saturated carbocycles. The first-order chi connectivity index (χ1) is 5.12. The van der Waals surface area contributed by atoms with E-state index in [-0.39, 0.29) is 0 Å². The molecule has 0 aromatic carbocycles. The Morgan fingerprint density at radius 1 is 1.00 bits per heavy atom. The van der Waals surface area contributed by atoms with Crippen molar-refractivity contribution in [3.05, 3.63) is 0 Å². The lowest BCUT2D eigenvalue weighted by Crippen LogP contribution is -2.14. The van der Waals surface area contributed by atoms with Crippen LogP contribution in [0.15, 0.2) is 0 Å². The fourth-order valence-corrected chi connectivity index (χ4v) is 3.07. The van der Waals surface area contributed by atoms with Gasteiger partial charge < -0.3 is 0 Å². The Bertz CT molecular complexity index is 145. The fourth-order valence-electron chi connectivity index (χ4n) is 3.07. The van der Waals surface area contributed by atoms with E-state index in [0.717, 1.165) is 23.2 Å². The van der Waals surface area contributed by atoms with Gasteiger partial charge in [0.2, 0.25) is 0 Å². The van der Waals surface area contributed by atoms with Crippen molar-refractivity contribution in [1.82, 2.24) is 0 Å². The van der Waals surface area contributed by atoms with Gasteiger partial charge in [0, 0.05) is 0 Å². The van der Waals surface area contributed by atoms with Gasteiger partial charge in [-0.1, -0.05) is 20.8 Å². The molecule has 0 radical (unpaired) electrons. The fraction of sp³-hybridized carbons (Fsp3) is 1.00. The number of hydrogen-bond donors (Lipinski definition) is 0. The molecule has 2 atom stereocenters. The van der Waals surface area contributed by atoms with E-state index in [9.17, 15) is 0 Å². The lowest BCUT2D eigenvalue weighted by molar-refractivity contribution is 0.269. The third kappa shape index (κ3) is 1.21. The average Bonchev–Trinajstić information content (AvgIpc) is 2.64. The van der Waals surface area contributed by atoms with Crippen LogP contribution in [0.5, 0.6) is 0 Å². The standard InChI is InChI=1S/C11H20/c1-8-6-11(3,7-9(8)2)10-4-5-10/h8-10H,4-7H2,1-3H3. The minimum Gasteiger partial charge on any atom is -0.0622 e. The van der Waals surface area contributed by atoms with Gasteiger partial charge in [-0.3, -0.25) is 0 Å². The molecule has 2 rings (SSSR count). The number of rotatable bonds is 1. The highest BCUT2D eigenvalue weighted by Crippen LogP contribution is 2.57. The summed E-state index contributed by atoms with van der Waals surface area (Å²) >= 11 is 0. The Kier molecular flexibility index (Phi) is 1.56. The van der Waals surface area contributed by atoms with Crippen molar-refractivity contribution in [3.8, 4) is 0 Å². The SMILES string of the molecule is CC1CC(C)(C2CC2)CC1C. The Morgan fingerprint density at radius 2 is 1.45 bits per heavy atom. The van der Waals surface area contributed by atoms with E-state index in [0.29, 0.717) is 0 Å². The molecule has 64 valence electrons. The van der Waals surface area contributed by atoms with E-state index >= 15 is 0 Å². The average molecular weight is 152 g/mol. The summed E-state index contributed by atoms with van der Waals surface area (Å²) in [5, 5.41) is 0. The molecule has 11 heavy (non-hydrogen) atoms. The van der Waals surface area contributed by atoms with Gasteiger partial charge in [-0.2, -0.15) is 0 Å². The van der Waals surface area contributed by atoms with E-state index in [4.69, 9.17) is 0 Å². The maximum atomic E-state index is 2.52. The van der Waals surface area contributed by atoms with E-state index < -0.39 is 0 Å². The second kappa shape index (κ2) is 2.24. The molecule has 0 heterocycles. The molecule has 0 aromatic heterocycles. The Hall–Kier alpha value is 0. The zero-order valence-electron chi connectivity index (χ0n) is 8.06. The van der Waals surface area contributed by atoms with Crippen molar-refractivity contribution < 1.29 is 0 Å². The van der Waals surface area contributed by atoms with Crippen LogP contribution in [0.1, 0.15) is 46.5 Å². The largest absolute Gasteiger partial charge is 0.0622 e. The lowest BCUT2D eigenvalue weighted by Gasteiger charge is -2.23. The summed E-state index contributed by atoms with van der Waals surface area (Å²) in [5.41, 5.74) is 0.749. The predicted molar refractivity (Wildman–Crippen MR) is 48.4 cm³/mol. The molecule has 2 unspecified atom stereocenters. The van der Waals surface area contributed by atoms with Crippen molar-refractivity contribution in [1.29, 1.82) is 0 Å². The monoisotopic (exact) mass is 152 g/mol. The Morgan fingerprint density at radius 3 is 1.82 bits per heavy atom. The van der Waals surface area contributed by atoms with Gasteiger partial charge in [-0.05, 0) is 48.9 Å². The Labute approximate surface area is 70.4 Å². The molecule has 0 aliphatic heterocycles. The van der Waals surface area contributed by atoms with Gasteiger partial charge in [0.25, 0.3) is 0 Å². The van der Waals surface area contributed by atoms with Crippen molar-refractivity contribution in [2.24, 2.45) is 23.2 Å². The van der Waals surface area contributed by atoms with Gasteiger partial charge in [0.05, 0.1) is 0 Å². The van der Waals surface area contributed by atoms with Crippen LogP contribution in [0.2, 0.25) is 0 Å². The summed E-state index contributed by atoms with van der Waals surface area (Å²) in [4.78, 5) is 0. The second-order valence-electron chi connectivity index (χ2n) is 5.29. The summed E-state index contributed by atoms with van der Waals surface area (Å²) in [6, 6.07) is 0. The normalized spacial score (nSPS) is 51.5. The van der Waals surface area contributed by atoms with Crippen molar-refractivity contribution in [2.75, 3.05) is 0 Å². The highest BCUT2D eigenvalue weighted by atomic mass is 14.5. The van der Waals surface area contributed by atoms with E-state index in [1.54, 1.807) is 0 Å². The van der Waals surface area contributed by atoms with Crippen LogP contribution in [0.3, 0.4) is 0 Å². The Balaban J connectivity index is 2.05. The summed E-state index contributed by atoms with van der Waals surface area (Å²) in [6.07, 6.45) is 6.05. The van der Waals surface area contributed by atoms with Crippen molar-refractivity contribution in [2.45, 2.75) is 46.5 Å². The van der Waals surface area contributed by atoms with Gasteiger partial charge in [-0.15, -0.1) is 0 Å². The smallest absolute Gasteiger partial charge is 0.0292 e. The minimum atomic E-state index is 0.749. The van der Waals surface area contributed by atoms with Crippen molar-refractivity contribution in [3.63, 3.8) is 0 Å². The third-order valence-corrected chi connectivity index (χ3v) is 4.11. The summed E-state index contributed by atoms with van der Waals surface area (Å²) in [7, 11) is 0. The molecule has 0 heteroatoms. The molecule has 0 spiro atoms. The molecule has 2 fully saturated rings. The van der Waals surface area contributed by atoms with Crippen LogP contribution in [0, 0.1) is 23.2 Å². The first kappa shape index (κ1) is 7.64. The zero-order valence-corrected chi connectivity index (χ0v) is 8.06. The predicted octanol–water partition coefficient (Wildman–Crippen LogP) is 3.47. The van der Waals surface area contributed by atoms with Gasteiger partial charge in [0.15, 0.2) is 0 Å². The maximum absolute atomic E-state index is 2.52. The topological polar surface area (TPSA) is 0 Å². The van der Waals surface area contributed by atoms with Crippen molar-refractivity contribution >= 4 is 0 Å². The van der Waals surface area contributed by atoms with Crippen LogP contribution in [-0.2, 0) is 0 Å². The van der Waals surface area contributed by atoms with E-state index in [1.165, 1.54) is 25.7 Å². The molecule has 0 N–H and O–H groups in total. The van der Waals surface area contributed by atoms with Gasteiger partial charge in [-0.25, -0.2) is 0 Å².